The van der Waals surface area contributed by atoms with E-state index in [4.69, 9.17) is 14.5 Å². The molecule has 4 aromatic heterocycles. The van der Waals surface area contributed by atoms with Crippen molar-refractivity contribution in [2.45, 2.75) is 25.9 Å². The van der Waals surface area contributed by atoms with Crippen LogP contribution in [-0.2, 0) is 29.0 Å². The lowest BCUT2D eigenvalue weighted by atomic mass is 9.94. The van der Waals surface area contributed by atoms with Gasteiger partial charge in [-0.05, 0) is 29.2 Å². The van der Waals surface area contributed by atoms with E-state index in [1.807, 2.05) is 11.4 Å². The molecule has 0 aliphatic carbocycles. The van der Waals surface area contributed by atoms with Crippen LogP contribution in [0.2, 0.25) is 0 Å². The molecule has 0 atom stereocenters. The largest absolute Gasteiger partial charge is 0.490 e. The van der Waals surface area contributed by atoms with Gasteiger partial charge < -0.3 is 14.4 Å². The fraction of sp³-hybridized carbons (Fsp3) is 0.250. The summed E-state index contributed by atoms with van der Waals surface area (Å²) < 4.78 is 69.3. The Balaban J connectivity index is 1.60. The van der Waals surface area contributed by atoms with Crippen LogP contribution in [0.5, 0.6) is 5.75 Å². The molecule has 0 radical (unpaired) electrons. The van der Waals surface area contributed by atoms with Crippen LogP contribution in [0.15, 0.2) is 60.9 Å². The highest BCUT2D eigenvalue weighted by atomic mass is 32.1. The minimum Gasteiger partial charge on any atom is -0.490 e. The van der Waals surface area contributed by atoms with E-state index in [1.54, 1.807) is 17.2 Å². The van der Waals surface area contributed by atoms with Crippen molar-refractivity contribution in [2.75, 3.05) is 26.9 Å². The van der Waals surface area contributed by atoms with E-state index in [1.165, 1.54) is 36.9 Å². The number of alkyl halides is 2. The second-order valence-electron chi connectivity index (χ2n) is 10.3. The van der Waals surface area contributed by atoms with Crippen LogP contribution >= 0.6 is 11.3 Å². The highest BCUT2D eigenvalue weighted by Crippen LogP contribution is 2.47. The SMILES string of the molecule is C=CC(=O)N1CCc2ncc(-c3nc(-c4cnn(CC(F)F)c4)c4ccsc4c3-c3c(F)cc(F)cc3OCCOC)cc2C1. The fourth-order valence-corrected chi connectivity index (χ4v) is 6.38. The number of ether oxygens (including phenoxy) is 2. The number of halogens is 4. The number of hydrogen-bond acceptors (Lipinski definition) is 7. The molecule has 5 heterocycles. The van der Waals surface area contributed by atoms with Crippen molar-refractivity contribution < 1.29 is 31.8 Å². The van der Waals surface area contributed by atoms with E-state index >= 15 is 4.39 Å². The molecule has 1 aromatic carbocycles. The molecule has 0 N–H and O–H groups in total. The van der Waals surface area contributed by atoms with Gasteiger partial charge in [0.15, 0.2) is 0 Å². The van der Waals surface area contributed by atoms with Crippen LogP contribution in [0, 0.1) is 11.6 Å². The maximum atomic E-state index is 15.9. The summed E-state index contributed by atoms with van der Waals surface area (Å²) in [5.41, 5.74) is 3.71. The van der Waals surface area contributed by atoms with Crippen molar-refractivity contribution in [3.63, 3.8) is 0 Å². The second-order valence-corrected chi connectivity index (χ2v) is 11.3. The quantitative estimate of drug-likeness (QED) is 0.0985. The number of hydrogen-bond donors (Lipinski definition) is 0. The van der Waals surface area contributed by atoms with Crippen LogP contribution in [-0.4, -0.2) is 63.8 Å². The van der Waals surface area contributed by atoms with Gasteiger partial charge in [0, 0.05) is 83.6 Å². The molecule has 0 spiro atoms. The zero-order valence-corrected chi connectivity index (χ0v) is 24.9. The van der Waals surface area contributed by atoms with Crippen molar-refractivity contribution in [3.05, 3.63) is 83.8 Å². The number of benzene rings is 1. The summed E-state index contributed by atoms with van der Waals surface area (Å²) in [5, 5.41) is 6.52. The maximum absolute atomic E-state index is 15.9. The predicted octanol–water partition coefficient (Wildman–Crippen LogP) is 6.53. The summed E-state index contributed by atoms with van der Waals surface area (Å²) in [7, 11) is 1.49. The third-order valence-electron chi connectivity index (χ3n) is 7.45. The molecule has 13 heteroatoms. The lowest BCUT2D eigenvalue weighted by Crippen LogP contribution is -2.35. The van der Waals surface area contributed by atoms with E-state index in [0.717, 1.165) is 28.1 Å². The Morgan fingerprint density at radius 3 is 2.76 bits per heavy atom. The van der Waals surface area contributed by atoms with Gasteiger partial charge >= 0.3 is 0 Å². The van der Waals surface area contributed by atoms with Gasteiger partial charge in [-0.2, -0.15) is 5.10 Å². The van der Waals surface area contributed by atoms with E-state index < -0.39 is 24.6 Å². The van der Waals surface area contributed by atoms with Crippen LogP contribution in [0.3, 0.4) is 0 Å². The van der Waals surface area contributed by atoms with Crippen molar-refractivity contribution in [2.24, 2.45) is 0 Å². The summed E-state index contributed by atoms with van der Waals surface area (Å²) in [6.07, 6.45) is 3.76. The van der Waals surface area contributed by atoms with E-state index in [9.17, 15) is 18.0 Å². The molecule has 45 heavy (non-hydrogen) atoms. The fourth-order valence-electron chi connectivity index (χ4n) is 5.43. The minimum atomic E-state index is -2.60. The monoisotopic (exact) mass is 637 g/mol. The number of fused-ring (bicyclic) bond motifs is 2. The normalized spacial score (nSPS) is 13.0. The van der Waals surface area contributed by atoms with Crippen molar-refractivity contribution in [3.8, 4) is 39.4 Å². The average molecular weight is 638 g/mol. The van der Waals surface area contributed by atoms with Crippen molar-refractivity contribution in [1.82, 2.24) is 24.6 Å². The van der Waals surface area contributed by atoms with E-state index in [0.29, 0.717) is 57.7 Å². The summed E-state index contributed by atoms with van der Waals surface area (Å²) in [5.74, 6) is -1.91. The van der Waals surface area contributed by atoms with Gasteiger partial charge in [-0.1, -0.05) is 6.58 Å². The van der Waals surface area contributed by atoms with Gasteiger partial charge in [0.05, 0.1) is 29.8 Å². The second kappa shape index (κ2) is 12.8. The number of rotatable bonds is 10. The Morgan fingerprint density at radius 2 is 1.98 bits per heavy atom. The number of carbonyl (C=O) groups is 1. The van der Waals surface area contributed by atoms with Gasteiger partial charge in [-0.3, -0.25) is 14.5 Å². The highest BCUT2D eigenvalue weighted by Gasteiger charge is 2.27. The number of nitrogens with zero attached hydrogens (tertiary/aromatic N) is 5. The zero-order valence-electron chi connectivity index (χ0n) is 24.1. The van der Waals surface area contributed by atoms with Crippen LogP contribution in [0.25, 0.3) is 43.7 Å². The number of thiophene rings is 1. The third-order valence-corrected chi connectivity index (χ3v) is 8.38. The van der Waals surface area contributed by atoms with E-state index in [-0.39, 0.29) is 30.4 Å². The average Bonchev–Trinajstić information content (AvgIpc) is 3.70. The Bertz CT molecular complexity index is 1910. The van der Waals surface area contributed by atoms with Gasteiger partial charge in [0.1, 0.15) is 30.5 Å². The first-order valence-electron chi connectivity index (χ1n) is 14.0. The lowest BCUT2D eigenvalue weighted by molar-refractivity contribution is -0.126. The van der Waals surface area contributed by atoms with Crippen LogP contribution in [0.4, 0.5) is 17.6 Å². The molecule has 6 rings (SSSR count). The standard InChI is InChI=1S/C32H27F4N5O3S/c1-3-27(42)40-6-4-24-19(15-40)10-18(13-37-24)31-29(28-23(34)11-21(33)12-25(28)44-8-7-43-2)32-22(5-9-45-32)30(39-31)20-14-38-41(16-20)17-26(35)36/h3,5,9-14,16,26H,1,4,6-8,15,17H2,2H3. The molecular formula is C32H27F4N5O3S. The number of amides is 1. The third kappa shape index (κ3) is 6.05. The molecule has 1 amide bonds. The summed E-state index contributed by atoms with van der Waals surface area (Å²) in [4.78, 5) is 23.7. The molecule has 232 valence electrons. The molecule has 8 nitrogen and oxygen atoms in total. The molecule has 0 saturated heterocycles. The minimum absolute atomic E-state index is 0.00332. The van der Waals surface area contributed by atoms with Gasteiger partial charge in [0.25, 0.3) is 6.43 Å². The first kappa shape index (κ1) is 30.4. The van der Waals surface area contributed by atoms with Gasteiger partial charge in [0.2, 0.25) is 5.91 Å². The Labute approximate surface area is 259 Å². The van der Waals surface area contributed by atoms with Crippen molar-refractivity contribution >= 4 is 27.3 Å². The smallest absolute Gasteiger partial charge is 0.257 e. The first-order chi connectivity index (χ1) is 21.8. The molecule has 1 aliphatic rings. The number of methoxy groups -OCH3 is 1. The maximum Gasteiger partial charge on any atom is 0.257 e. The molecule has 5 aromatic rings. The van der Waals surface area contributed by atoms with E-state index in [2.05, 4.69) is 16.7 Å². The highest BCUT2D eigenvalue weighted by molar-refractivity contribution is 7.18. The number of pyridine rings is 2. The topological polar surface area (TPSA) is 82.4 Å². The summed E-state index contributed by atoms with van der Waals surface area (Å²) in [6.45, 7) is 4.01. The molecule has 1 aliphatic heterocycles. The molecule has 0 fully saturated rings. The zero-order chi connectivity index (χ0) is 31.7. The molecular weight excluding hydrogens is 610 g/mol. The number of aromatic nitrogens is 4. The molecule has 0 saturated carbocycles. The Kier molecular flexibility index (Phi) is 8.63. The first-order valence-corrected chi connectivity index (χ1v) is 14.9. The van der Waals surface area contributed by atoms with Crippen molar-refractivity contribution in [1.29, 1.82) is 0 Å². The predicted molar refractivity (Wildman–Crippen MR) is 162 cm³/mol. The van der Waals surface area contributed by atoms with Crippen LogP contribution in [0.1, 0.15) is 11.3 Å². The summed E-state index contributed by atoms with van der Waals surface area (Å²) >= 11 is 1.32. The number of carbonyl (C=O) groups excluding carboxylic acids is 1. The molecule has 0 bridgehead atoms. The van der Waals surface area contributed by atoms with Gasteiger partial charge in [-0.25, -0.2) is 22.5 Å². The Hall–Kier alpha value is -4.62. The summed E-state index contributed by atoms with van der Waals surface area (Å²) in [6, 6.07) is 5.56. The van der Waals surface area contributed by atoms with Gasteiger partial charge in [-0.15, -0.1) is 11.3 Å². The Morgan fingerprint density at radius 1 is 1.13 bits per heavy atom. The molecule has 0 unspecified atom stereocenters. The lowest BCUT2D eigenvalue weighted by Gasteiger charge is -2.27. The van der Waals surface area contributed by atoms with Crippen LogP contribution < -0.4 is 4.74 Å².